The number of aldehydes is 1. The summed E-state index contributed by atoms with van der Waals surface area (Å²) in [5, 5.41) is 9.44. The Morgan fingerprint density at radius 1 is 1.57 bits per heavy atom. The van der Waals surface area contributed by atoms with Crippen molar-refractivity contribution in [3.63, 3.8) is 0 Å². The Morgan fingerprint density at radius 3 is 3.07 bits per heavy atom. The summed E-state index contributed by atoms with van der Waals surface area (Å²) < 4.78 is 5.54. The number of rotatable bonds is 1. The number of hydrogen-bond donors (Lipinski definition) is 1. The molecule has 0 saturated heterocycles. The molecule has 3 nitrogen and oxygen atoms in total. The lowest BCUT2D eigenvalue weighted by molar-refractivity contribution is 0.112. The van der Waals surface area contributed by atoms with Gasteiger partial charge in [0.1, 0.15) is 11.5 Å². The largest absolute Gasteiger partial charge is 0.507 e. The maximum Gasteiger partial charge on any atom is 0.153 e. The van der Waals surface area contributed by atoms with Gasteiger partial charge in [-0.2, -0.15) is 0 Å². The smallest absolute Gasteiger partial charge is 0.153 e. The highest BCUT2D eigenvalue weighted by atomic mass is 16.5. The summed E-state index contributed by atoms with van der Waals surface area (Å²) in [6.07, 6.45) is 2.70. The first kappa shape index (κ1) is 9.06. The molecule has 1 unspecified atom stereocenters. The maximum absolute atomic E-state index is 10.6. The molecule has 1 aromatic carbocycles. The van der Waals surface area contributed by atoms with Crippen LogP contribution in [0, 0.1) is 0 Å². The second-order valence-electron chi connectivity index (χ2n) is 3.60. The third-order valence-electron chi connectivity index (χ3n) is 2.49. The SMILES string of the molecule is CC1CCc2cc(C=O)c(O)cc2O1. The summed E-state index contributed by atoms with van der Waals surface area (Å²) in [5.74, 6) is 0.694. The average molecular weight is 192 g/mol. The molecule has 74 valence electrons. The first-order valence-corrected chi connectivity index (χ1v) is 4.68. The quantitative estimate of drug-likeness (QED) is 0.691. The predicted octanol–water partition coefficient (Wildman–Crippen LogP) is 1.92. The molecule has 0 bridgehead atoms. The topological polar surface area (TPSA) is 46.5 Å². The fourth-order valence-electron chi connectivity index (χ4n) is 1.67. The minimum absolute atomic E-state index is 0.00662. The van der Waals surface area contributed by atoms with Gasteiger partial charge in [-0.25, -0.2) is 0 Å². The number of carbonyl (C=O) groups excluding carboxylic acids is 1. The summed E-state index contributed by atoms with van der Waals surface area (Å²) >= 11 is 0. The predicted molar refractivity (Wildman–Crippen MR) is 51.9 cm³/mol. The van der Waals surface area contributed by atoms with E-state index in [0.29, 0.717) is 17.6 Å². The van der Waals surface area contributed by atoms with Gasteiger partial charge in [0.2, 0.25) is 0 Å². The number of aromatic hydroxyl groups is 1. The van der Waals surface area contributed by atoms with E-state index in [1.165, 1.54) is 6.07 Å². The summed E-state index contributed by atoms with van der Waals surface area (Å²) in [6.45, 7) is 1.99. The van der Waals surface area contributed by atoms with Crippen LogP contribution in [0.4, 0.5) is 0 Å². The molecule has 1 heterocycles. The van der Waals surface area contributed by atoms with Crippen molar-refractivity contribution in [2.45, 2.75) is 25.9 Å². The Hall–Kier alpha value is -1.51. The number of phenolic OH excluding ortho intramolecular Hbond substituents is 1. The van der Waals surface area contributed by atoms with Gasteiger partial charge in [-0.15, -0.1) is 0 Å². The van der Waals surface area contributed by atoms with Crippen LogP contribution >= 0.6 is 0 Å². The zero-order chi connectivity index (χ0) is 10.1. The molecule has 0 radical (unpaired) electrons. The van der Waals surface area contributed by atoms with E-state index in [-0.39, 0.29) is 11.9 Å². The second kappa shape index (κ2) is 3.33. The van der Waals surface area contributed by atoms with Crippen molar-refractivity contribution in [3.8, 4) is 11.5 Å². The first-order valence-electron chi connectivity index (χ1n) is 4.68. The molecule has 0 saturated carbocycles. The molecule has 0 spiro atoms. The van der Waals surface area contributed by atoms with Crippen LogP contribution in [0.2, 0.25) is 0 Å². The summed E-state index contributed by atoms with van der Waals surface area (Å²) in [7, 11) is 0. The molecule has 3 heteroatoms. The third-order valence-corrected chi connectivity index (χ3v) is 2.49. The number of aryl methyl sites for hydroxylation is 1. The van der Waals surface area contributed by atoms with Gasteiger partial charge >= 0.3 is 0 Å². The molecule has 1 aliphatic heterocycles. The van der Waals surface area contributed by atoms with Crippen LogP contribution in [0.3, 0.4) is 0 Å². The second-order valence-corrected chi connectivity index (χ2v) is 3.60. The van der Waals surface area contributed by atoms with Crippen molar-refractivity contribution in [1.82, 2.24) is 0 Å². The summed E-state index contributed by atoms with van der Waals surface area (Å²) in [6, 6.07) is 3.22. The van der Waals surface area contributed by atoms with E-state index in [1.54, 1.807) is 6.07 Å². The number of hydrogen-bond acceptors (Lipinski definition) is 3. The molecular formula is C11H12O3. The van der Waals surface area contributed by atoms with Crippen molar-refractivity contribution >= 4 is 6.29 Å². The molecule has 1 atom stereocenters. The molecule has 14 heavy (non-hydrogen) atoms. The maximum atomic E-state index is 10.6. The Bertz CT molecular complexity index is 371. The molecule has 0 aliphatic carbocycles. The minimum atomic E-state index is -0.00662. The van der Waals surface area contributed by atoms with Gasteiger partial charge in [-0.05, 0) is 31.4 Å². The lowest BCUT2D eigenvalue weighted by Crippen LogP contribution is -2.18. The fourth-order valence-corrected chi connectivity index (χ4v) is 1.67. The highest BCUT2D eigenvalue weighted by Crippen LogP contribution is 2.32. The van der Waals surface area contributed by atoms with Crippen molar-refractivity contribution < 1.29 is 14.6 Å². The standard InChI is InChI=1S/C11H12O3/c1-7-2-3-8-4-9(6-12)10(13)5-11(8)14-7/h4-7,13H,2-3H2,1H3. The van der Waals surface area contributed by atoms with Crippen molar-refractivity contribution in [2.75, 3.05) is 0 Å². The molecule has 0 fully saturated rings. The Morgan fingerprint density at radius 2 is 2.36 bits per heavy atom. The number of fused-ring (bicyclic) bond motifs is 1. The number of phenols is 1. The Labute approximate surface area is 82.3 Å². The molecule has 0 amide bonds. The number of ether oxygens (including phenoxy) is 1. The van der Waals surface area contributed by atoms with Gasteiger partial charge < -0.3 is 9.84 Å². The number of benzene rings is 1. The van der Waals surface area contributed by atoms with Crippen molar-refractivity contribution in [3.05, 3.63) is 23.3 Å². The molecule has 2 rings (SSSR count). The normalized spacial score (nSPS) is 19.6. The molecular weight excluding hydrogens is 180 g/mol. The van der Waals surface area contributed by atoms with Crippen LogP contribution < -0.4 is 4.74 Å². The molecule has 1 aromatic rings. The first-order chi connectivity index (χ1) is 6.70. The summed E-state index contributed by atoms with van der Waals surface area (Å²) in [5.41, 5.74) is 1.34. The van der Waals surface area contributed by atoms with E-state index >= 15 is 0 Å². The van der Waals surface area contributed by atoms with E-state index in [9.17, 15) is 9.90 Å². The Kier molecular flexibility index (Phi) is 2.15. The zero-order valence-electron chi connectivity index (χ0n) is 7.99. The summed E-state index contributed by atoms with van der Waals surface area (Å²) in [4.78, 5) is 10.6. The highest BCUT2D eigenvalue weighted by molar-refractivity contribution is 5.80. The monoisotopic (exact) mass is 192 g/mol. The molecule has 0 aromatic heterocycles. The van der Waals surface area contributed by atoms with Crippen LogP contribution in [-0.4, -0.2) is 17.5 Å². The minimum Gasteiger partial charge on any atom is -0.507 e. The van der Waals surface area contributed by atoms with Crippen LogP contribution in [0.25, 0.3) is 0 Å². The molecule has 1 N–H and O–H groups in total. The van der Waals surface area contributed by atoms with Gasteiger partial charge in [0.25, 0.3) is 0 Å². The lowest BCUT2D eigenvalue weighted by atomic mass is 10.0. The third kappa shape index (κ3) is 1.45. The van der Waals surface area contributed by atoms with Crippen LogP contribution in [0.5, 0.6) is 11.5 Å². The van der Waals surface area contributed by atoms with Crippen molar-refractivity contribution in [2.24, 2.45) is 0 Å². The van der Waals surface area contributed by atoms with Gasteiger partial charge in [0.15, 0.2) is 6.29 Å². The number of carbonyl (C=O) groups is 1. The fraction of sp³-hybridized carbons (Fsp3) is 0.364. The van der Waals surface area contributed by atoms with Crippen LogP contribution in [-0.2, 0) is 6.42 Å². The van der Waals surface area contributed by atoms with E-state index in [4.69, 9.17) is 4.74 Å². The lowest BCUT2D eigenvalue weighted by Gasteiger charge is -2.23. The van der Waals surface area contributed by atoms with Gasteiger partial charge in [0, 0.05) is 6.07 Å². The van der Waals surface area contributed by atoms with E-state index < -0.39 is 0 Å². The average Bonchev–Trinajstić information content (AvgIpc) is 2.16. The van der Waals surface area contributed by atoms with Gasteiger partial charge in [-0.1, -0.05) is 0 Å². The van der Waals surface area contributed by atoms with Crippen LogP contribution in [0.1, 0.15) is 29.3 Å². The highest BCUT2D eigenvalue weighted by Gasteiger charge is 2.18. The van der Waals surface area contributed by atoms with E-state index in [1.807, 2.05) is 6.92 Å². The Balaban J connectivity index is 2.45. The van der Waals surface area contributed by atoms with Crippen LogP contribution in [0.15, 0.2) is 12.1 Å². The van der Waals surface area contributed by atoms with E-state index in [2.05, 4.69) is 0 Å². The van der Waals surface area contributed by atoms with Gasteiger partial charge in [0.05, 0.1) is 11.7 Å². The van der Waals surface area contributed by atoms with Crippen molar-refractivity contribution in [1.29, 1.82) is 0 Å². The zero-order valence-corrected chi connectivity index (χ0v) is 7.99. The van der Waals surface area contributed by atoms with E-state index in [0.717, 1.165) is 18.4 Å². The molecule has 1 aliphatic rings. The van der Waals surface area contributed by atoms with Gasteiger partial charge in [-0.3, -0.25) is 4.79 Å².